The van der Waals surface area contributed by atoms with Crippen LogP contribution in [0.1, 0.15) is 0 Å². The van der Waals surface area contributed by atoms with Crippen LogP contribution < -0.4 is 9.62 Å². The summed E-state index contributed by atoms with van der Waals surface area (Å²) in [7, 11) is 0.229. The lowest BCUT2D eigenvalue weighted by Gasteiger charge is -2.16. The maximum absolute atomic E-state index is 12.3. The summed E-state index contributed by atoms with van der Waals surface area (Å²) in [5, 5.41) is 8.50. The molecule has 0 heterocycles. The number of hydrogen-bond acceptors (Lipinski definition) is 4. The molecule has 0 spiro atoms. The fourth-order valence-corrected chi connectivity index (χ4v) is 3.30. The highest BCUT2D eigenvalue weighted by Gasteiger charge is 2.17. The molecule has 0 amide bonds. The largest absolute Gasteiger partial charge is 0.377 e. The molecule has 106 valence electrons. The third kappa shape index (κ3) is 2.66. The van der Waals surface area contributed by atoms with Crippen LogP contribution in [0.3, 0.4) is 0 Å². The van der Waals surface area contributed by atoms with Gasteiger partial charge in [-0.05, 0) is 12.1 Å². The Kier molecular flexibility index (Phi) is 4.06. The van der Waals surface area contributed by atoms with E-state index in [-0.39, 0.29) is 11.4 Å². The highest BCUT2D eigenvalue weighted by atomic mass is 32.2. The second kappa shape index (κ2) is 5.60. The van der Waals surface area contributed by atoms with Gasteiger partial charge in [0.25, 0.3) is 0 Å². The van der Waals surface area contributed by atoms with Crippen LogP contribution >= 0.6 is 0 Å². The van der Waals surface area contributed by atoms with Crippen molar-refractivity contribution in [3.05, 3.63) is 36.4 Å². The van der Waals surface area contributed by atoms with Crippen molar-refractivity contribution in [2.24, 2.45) is 0 Å². The smallest absolute Gasteiger partial charge is 0.241 e. The molecule has 0 atom stereocenters. The zero-order chi connectivity index (χ0) is 14.8. The zero-order valence-electron chi connectivity index (χ0n) is 11.4. The molecule has 2 aromatic rings. The molecule has 5 nitrogen and oxygen atoms in total. The minimum absolute atomic E-state index is 0.00785. The Balaban J connectivity index is 2.67. The molecule has 0 fully saturated rings. The van der Waals surface area contributed by atoms with Gasteiger partial charge >= 0.3 is 0 Å². The van der Waals surface area contributed by atoms with Crippen LogP contribution in [0.2, 0.25) is 0 Å². The van der Waals surface area contributed by atoms with E-state index in [1.54, 1.807) is 18.2 Å². The average molecular weight is 291 g/mol. The third-order valence-corrected chi connectivity index (χ3v) is 4.49. The number of fused-ring (bicyclic) bond motifs is 1. The van der Waals surface area contributed by atoms with Gasteiger partial charge in [-0.3, -0.25) is 0 Å². The molecule has 0 bridgehead atoms. The summed E-state index contributed by atoms with van der Waals surface area (Å²) < 4.78 is 26.9. The van der Waals surface area contributed by atoms with Crippen molar-refractivity contribution in [2.45, 2.75) is 4.90 Å². The summed E-state index contributed by atoms with van der Waals surface area (Å²) in [5.74, 6) is 0. The molecule has 0 unspecified atom stereocenters. The van der Waals surface area contributed by atoms with Crippen LogP contribution in [0.15, 0.2) is 41.3 Å². The van der Waals surface area contributed by atoms with E-state index in [1.165, 1.54) is 0 Å². The Morgan fingerprint density at radius 1 is 1.15 bits per heavy atom. The number of anilines is 1. The first-order valence-electron chi connectivity index (χ1n) is 6.15. The number of rotatable bonds is 5. The fraction of sp³-hybridized carbons (Fsp3) is 0.214. The Hall–Kier alpha value is -1.92. The van der Waals surface area contributed by atoms with E-state index < -0.39 is 10.0 Å². The summed E-state index contributed by atoms with van der Waals surface area (Å²) in [6.45, 7) is -0.00785. The third-order valence-electron chi connectivity index (χ3n) is 3.01. The van der Waals surface area contributed by atoms with E-state index in [0.717, 1.165) is 17.3 Å². The highest BCUT2D eigenvalue weighted by Crippen LogP contribution is 2.29. The highest BCUT2D eigenvalue weighted by molar-refractivity contribution is 7.89. The maximum Gasteiger partial charge on any atom is 0.241 e. The molecule has 2 rings (SSSR count). The van der Waals surface area contributed by atoms with E-state index in [9.17, 15) is 8.42 Å². The summed E-state index contributed by atoms with van der Waals surface area (Å²) >= 11 is 0. The average Bonchev–Trinajstić information content (AvgIpc) is 2.43. The van der Waals surface area contributed by atoms with Crippen molar-refractivity contribution in [3.63, 3.8) is 0 Å². The molecule has 0 aliphatic heterocycles. The van der Waals surface area contributed by atoms with Gasteiger partial charge in [0.05, 0.1) is 4.90 Å². The van der Waals surface area contributed by atoms with Crippen LogP contribution in [0.4, 0.5) is 5.69 Å². The Labute approximate surface area is 118 Å². The molecular formula is C14H17N3O2S. The lowest BCUT2D eigenvalue weighted by atomic mass is 10.1. The van der Waals surface area contributed by atoms with Crippen molar-refractivity contribution in [1.29, 1.82) is 5.41 Å². The van der Waals surface area contributed by atoms with Gasteiger partial charge in [0.1, 0.15) is 0 Å². The van der Waals surface area contributed by atoms with Gasteiger partial charge in [0.15, 0.2) is 0 Å². The molecule has 0 radical (unpaired) electrons. The predicted molar refractivity (Wildman–Crippen MR) is 82.2 cm³/mol. The van der Waals surface area contributed by atoms with Crippen LogP contribution in [0.5, 0.6) is 0 Å². The molecule has 0 aliphatic rings. The minimum atomic E-state index is -3.61. The van der Waals surface area contributed by atoms with Gasteiger partial charge in [0, 0.05) is 43.3 Å². The molecular weight excluding hydrogens is 274 g/mol. The topological polar surface area (TPSA) is 73.3 Å². The van der Waals surface area contributed by atoms with E-state index in [1.807, 2.05) is 37.2 Å². The maximum atomic E-state index is 12.3. The second-order valence-electron chi connectivity index (χ2n) is 4.58. The van der Waals surface area contributed by atoms with Gasteiger partial charge in [-0.25, -0.2) is 13.1 Å². The van der Waals surface area contributed by atoms with Gasteiger partial charge in [-0.15, -0.1) is 0 Å². The number of benzene rings is 2. The van der Waals surface area contributed by atoms with E-state index in [4.69, 9.17) is 5.41 Å². The van der Waals surface area contributed by atoms with Crippen molar-refractivity contribution in [2.75, 3.05) is 25.5 Å². The quantitative estimate of drug-likeness (QED) is 0.825. The molecule has 6 heteroatoms. The second-order valence-corrected chi connectivity index (χ2v) is 6.31. The number of hydrogen-bond donors (Lipinski definition) is 2. The normalized spacial score (nSPS) is 11.5. The van der Waals surface area contributed by atoms with Crippen LogP contribution in [0.25, 0.3) is 10.8 Å². The van der Waals surface area contributed by atoms with E-state index in [2.05, 4.69) is 4.72 Å². The predicted octanol–water partition coefficient (Wildman–Crippen LogP) is 1.83. The molecule has 20 heavy (non-hydrogen) atoms. The van der Waals surface area contributed by atoms with Crippen molar-refractivity contribution in [3.8, 4) is 0 Å². The van der Waals surface area contributed by atoms with Crippen molar-refractivity contribution < 1.29 is 8.42 Å². The first-order chi connectivity index (χ1) is 9.47. The Morgan fingerprint density at radius 2 is 1.80 bits per heavy atom. The SMILES string of the molecule is CN(C)c1cccc2c(S(=O)(=O)NCC=N)cccc12. The standard InChI is InChI=1S/C14H17N3O2S/c1-17(2)13-7-3-6-12-11(13)5-4-8-14(12)20(18,19)16-10-9-15/h3-9,15-16H,10H2,1-2H3. The van der Waals surface area contributed by atoms with Crippen LogP contribution in [0, 0.1) is 5.41 Å². The monoisotopic (exact) mass is 291 g/mol. The van der Waals surface area contributed by atoms with Crippen molar-refractivity contribution >= 4 is 32.7 Å². The minimum Gasteiger partial charge on any atom is -0.377 e. The number of nitrogens with one attached hydrogen (secondary N) is 2. The van der Waals surface area contributed by atoms with Gasteiger partial charge < -0.3 is 10.3 Å². The first kappa shape index (κ1) is 14.5. The summed E-state index contributed by atoms with van der Waals surface area (Å²) in [6.07, 6.45) is 1.02. The first-order valence-corrected chi connectivity index (χ1v) is 7.63. The zero-order valence-corrected chi connectivity index (χ0v) is 12.2. The summed E-state index contributed by atoms with van der Waals surface area (Å²) in [4.78, 5) is 2.18. The summed E-state index contributed by atoms with van der Waals surface area (Å²) in [5.41, 5.74) is 0.964. The molecule has 2 aromatic carbocycles. The fourth-order valence-electron chi connectivity index (χ4n) is 2.12. The lowest BCUT2D eigenvalue weighted by Crippen LogP contribution is -2.25. The van der Waals surface area contributed by atoms with Crippen molar-refractivity contribution in [1.82, 2.24) is 4.72 Å². The lowest BCUT2D eigenvalue weighted by molar-refractivity contribution is 0.587. The van der Waals surface area contributed by atoms with Gasteiger partial charge in [-0.2, -0.15) is 0 Å². The summed E-state index contributed by atoms with van der Waals surface area (Å²) in [6, 6.07) is 10.8. The van der Waals surface area contributed by atoms with Crippen LogP contribution in [-0.2, 0) is 10.0 Å². The number of nitrogens with zero attached hydrogens (tertiary/aromatic N) is 1. The number of sulfonamides is 1. The molecule has 0 saturated carbocycles. The molecule has 0 aliphatic carbocycles. The van der Waals surface area contributed by atoms with Gasteiger partial charge in [0.2, 0.25) is 10.0 Å². The van der Waals surface area contributed by atoms with Gasteiger partial charge in [-0.1, -0.05) is 24.3 Å². The molecule has 0 aromatic heterocycles. The molecule has 2 N–H and O–H groups in total. The Morgan fingerprint density at radius 3 is 2.45 bits per heavy atom. The van der Waals surface area contributed by atoms with E-state index >= 15 is 0 Å². The van der Waals surface area contributed by atoms with Crippen LogP contribution in [-0.4, -0.2) is 35.3 Å². The molecule has 0 saturated heterocycles. The van der Waals surface area contributed by atoms with E-state index in [0.29, 0.717) is 5.39 Å². The Bertz CT molecular complexity index is 739.